The lowest BCUT2D eigenvalue weighted by Gasteiger charge is -2.27. The molecule has 1 fully saturated rings. The molecule has 1 saturated heterocycles. The van der Waals surface area contributed by atoms with Crippen molar-refractivity contribution in [3.63, 3.8) is 0 Å². The SMILES string of the molecule is COc1ccc(NC(=O)Cn2c(=O)cc(C(=O)N3CCOCC3)c3ccccc32)cc1Cl. The Kier molecular flexibility index (Phi) is 6.43. The number of nitrogens with zero attached hydrogens (tertiary/aromatic N) is 2. The monoisotopic (exact) mass is 455 g/mol. The molecule has 0 atom stereocenters. The number of anilines is 1. The highest BCUT2D eigenvalue weighted by atomic mass is 35.5. The minimum Gasteiger partial charge on any atom is -0.495 e. The number of methoxy groups -OCH3 is 1. The fraction of sp³-hybridized carbons (Fsp3) is 0.261. The predicted molar refractivity (Wildman–Crippen MR) is 122 cm³/mol. The molecule has 166 valence electrons. The maximum atomic E-state index is 13.0. The number of carbonyl (C=O) groups excluding carboxylic acids is 2. The number of amides is 2. The smallest absolute Gasteiger partial charge is 0.254 e. The number of benzene rings is 2. The van der Waals surface area contributed by atoms with Crippen LogP contribution in [0.4, 0.5) is 5.69 Å². The van der Waals surface area contributed by atoms with Crippen LogP contribution in [0.3, 0.4) is 0 Å². The summed E-state index contributed by atoms with van der Waals surface area (Å²) in [6.07, 6.45) is 0. The third-order valence-electron chi connectivity index (χ3n) is 5.28. The van der Waals surface area contributed by atoms with Crippen molar-refractivity contribution in [2.24, 2.45) is 0 Å². The molecular weight excluding hydrogens is 434 g/mol. The molecule has 32 heavy (non-hydrogen) atoms. The Morgan fingerprint density at radius 2 is 1.88 bits per heavy atom. The van der Waals surface area contributed by atoms with E-state index in [4.69, 9.17) is 21.1 Å². The number of para-hydroxylation sites is 1. The van der Waals surface area contributed by atoms with Crippen LogP contribution in [0.1, 0.15) is 10.4 Å². The number of nitrogens with one attached hydrogen (secondary N) is 1. The van der Waals surface area contributed by atoms with Gasteiger partial charge in [0.2, 0.25) is 5.91 Å². The lowest BCUT2D eigenvalue weighted by atomic mass is 10.1. The summed E-state index contributed by atoms with van der Waals surface area (Å²) in [5, 5.41) is 3.71. The second-order valence-corrected chi connectivity index (χ2v) is 7.71. The van der Waals surface area contributed by atoms with Gasteiger partial charge in [0.15, 0.2) is 0 Å². The van der Waals surface area contributed by atoms with E-state index in [-0.39, 0.29) is 12.5 Å². The fourth-order valence-corrected chi connectivity index (χ4v) is 3.96. The van der Waals surface area contributed by atoms with Crippen molar-refractivity contribution in [3.05, 3.63) is 69.5 Å². The standard InChI is InChI=1S/C23H22ClN3O5/c1-31-20-7-6-15(12-18(20)24)25-21(28)14-27-19-5-3-2-4-16(19)17(13-22(27)29)23(30)26-8-10-32-11-9-26/h2-7,12-13H,8-11,14H2,1H3,(H,25,28). The number of hydrogen-bond donors (Lipinski definition) is 1. The first kappa shape index (κ1) is 21.9. The number of pyridine rings is 1. The molecule has 1 N–H and O–H groups in total. The van der Waals surface area contributed by atoms with E-state index in [0.29, 0.717) is 59.2 Å². The molecule has 1 aromatic heterocycles. The summed E-state index contributed by atoms with van der Waals surface area (Å²) in [6.45, 7) is 1.67. The summed E-state index contributed by atoms with van der Waals surface area (Å²) in [7, 11) is 1.50. The summed E-state index contributed by atoms with van der Waals surface area (Å²) >= 11 is 6.11. The Morgan fingerprint density at radius 1 is 1.12 bits per heavy atom. The minimum absolute atomic E-state index is 0.213. The maximum absolute atomic E-state index is 13.0. The Labute approximate surface area is 189 Å². The van der Waals surface area contributed by atoms with E-state index in [1.54, 1.807) is 47.4 Å². The van der Waals surface area contributed by atoms with Crippen molar-refractivity contribution in [1.82, 2.24) is 9.47 Å². The molecule has 9 heteroatoms. The number of halogens is 1. The molecule has 0 spiro atoms. The molecule has 0 bridgehead atoms. The summed E-state index contributed by atoms with van der Waals surface area (Å²) < 4.78 is 11.8. The van der Waals surface area contributed by atoms with Crippen LogP contribution >= 0.6 is 11.6 Å². The zero-order chi connectivity index (χ0) is 22.7. The number of fused-ring (bicyclic) bond motifs is 1. The van der Waals surface area contributed by atoms with E-state index < -0.39 is 11.5 Å². The van der Waals surface area contributed by atoms with E-state index in [2.05, 4.69) is 5.32 Å². The van der Waals surface area contributed by atoms with Gasteiger partial charge in [0.1, 0.15) is 12.3 Å². The summed E-state index contributed by atoms with van der Waals surface area (Å²) in [4.78, 5) is 40.3. The molecule has 3 aromatic rings. The highest BCUT2D eigenvalue weighted by molar-refractivity contribution is 6.32. The van der Waals surface area contributed by atoms with Gasteiger partial charge in [-0.05, 0) is 24.3 Å². The van der Waals surface area contributed by atoms with Gasteiger partial charge in [0.25, 0.3) is 11.5 Å². The van der Waals surface area contributed by atoms with Crippen LogP contribution in [0.5, 0.6) is 5.75 Å². The zero-order valence-electron chi connectivity index (χ0n) is 17.5. The fourth-order valence-electron chi connectivity index (χ4n) is 3.70. The number of ether oxygens (including phenoxy) is 2. The van der Waals surface area contributed by atoms with Gasteiger partial charge < -0.3 is 19.7 Å². The van der Waals surface area contributed by atoms with E-state index in [1.165, 1.54) is 17.7 Å². The molecule has 1 aliphatic heterocycles. The highest BCUT2D eigenvalue weighted by Gasteiger charge is 2.22. The second-order valence-electron chi connectivity index (χ2n) is 7.30. The van der Waals surface area contributed by atoms with Crippen LogP contribution < -0.4 is 15.6 Å². The highest BCUT2D eigenvalue weighted by Crippen LogP contribution is 2.27. The molecule has 1 aliphatic rings. The van der Waals surface area contributed by atoms with E-state index in [9.17, 15) is 14.4 Å². The normalized spacial score (nSPS) is 13.8. The average Bonchev–Trinajstić information content (AvgIpc) is 2.81. The van der Waals surface area contributed by atoms with E-state index >= 15 is 0 Å². The van der Waals surface area contributed by atoms with Crippen LogP contribution in [-0.4, -0.2) is 54.7 Å². The van der Waals surface area contributed by atoms with Crippen molar-refractivity contribution in [1.29, 1.82) is 0 Å². The van der Waals surface area contributed by atoms with Gasteiger partial charge in [-0.1, -0.05) is 29.8 Å². The number of morpholine rings is 1. The van der Waals surface area contributed by atoms with Crippen LogP contribution in [0.2, 0.25) is 5.02 Å². The lowest BCUT2D eigenvalue weighted by Crippen LogP contribution is -2.41. The second kappa shape index (κ2) is 9.42. The van der Waals surface area contributed by atoms with Crippen LogP contribution in [0, 0.1) is 0 Å². The van der Waals surface area contributed by atoms with Crippen molar-refractivity contribution < 1.29 is 19.1 Å². The summed E-state index contributed by atoms with van der Waals surface area (Å²) in [5.41, 5.74) is 0.895. The van der Waals surface area contributed by atoms with Gasteiger partial charge in [-0.25, -0.2) is 0 Å². The molecule has 4 rings (SSSR count). The summed E-state index contributed by atoms with van der Waals surface area (Å²) in [5.74, 6) is -0.121. The predicted octanol–water partition coefficient (Wildman–Crippen LogP) is 2.77. The average molecular weight is 456 g/mol. The first-order valence-electron chi connectivity index (χ1n) is 10.1. The molecule has 0 radical (unpaired) electrons. The maximum Gasteiger partial charge on any atom is 0.254 e. The van der Waals surface area contributed by atoms with Crippen LogP contribution in [0.15, 0.2) is 53.3 Å². The first-order valence-corrected chi connectivity index (χ1v) is 10.5. The number of hydrogen-bond acceptors (Lipinski definition) is 5. The van der Waals surface area contributed by atoms with E-state index in [0.717, 1.165) is 0 Å². The summed E-state index contributed by atoms with van der Waals surface area (Å²) in [6, 6.07) is 13.2. The number of aromatic nitrogens is 1. The minimum atomic E-state index is -0.428. The quantitative estimate of drug-likeness (QED) is 0.639. The van der Waals surface area contributed by atoms with Crippen LogP contribution in [0.25, 0.3) is 10.9 Å². The van der Waals surface area contributed by atoms with E-state index in [1.807, 2.05) is 0 Å². The van der Waals surface area contributed by atoms with Gasteiger partial charge in [0.05, 0.1) is 36.4 Å². The van der Waals surface area contributed by atoms with Crippen molar-refractivity contribution >= 4 is 40.0 Å². The molecule has 2 aromatic carbocycles. The van der Waals surface area contributed by atoms with Gasteiger partial charge in [-0.3, -0.25) is 19.0 Å². The van der Waals surface area contributed by atoms with Crippen molar-refractivity contribution in [2.45, 2.75) is 6.54 Å². The number of carbonyl (C=O) groups is 2. The third kappa shape index (κ3) is 4.46. The van der Waals surface area contributed by atoms with Gasteiger partial charge in [-0.15, -0.1) is 0 Å². The molecule has 2 heterocycles. The van der Waals surface area contributed by atoms with Gasteiger partial charge in [-0.2, -0.15) is 0 Å². The molecular formula is C23H22ClN3O5. The molecule has 0 aliphatic carbocycles. The Balaban J connectivity index is 1.63. The largest absolute Gasteiger partial charge is 0.495 e. The molecule has 0 unspecified atom stereocenters. The Hall–Kier alpha value is -3.36. The third-order valence-corrected chi connectivity index (χ3v) is 5.58. The number of rotatable bonds is 5. The topological polar surface area (TPSA) is 89.9 Å². The zero-order valence-corrected chi connectivity index (χ0v) is 18.2. The molecule has 0 saturated carbocycles. The van der Waals surface area contributed by atoms with Crippen molar-refractivity contribution in [2.75, 3.05) is 38.7 Å². The lowest BCUT2D eigenvalue weighted by molar-refractivity contribution is -0.116. The first-order chi connectivity index (χ1) is 15.5. The van der Waals surface area contributed by atoms with Gasteiger partial charge in [0, 0.05) is 30.2 Å². The Morgan fingerprint density at radius 3 is 2.59 bits per heavy atom. The Bertz CT molecular complexity index is 1230. The molecule has 8 nitrogen and oxygen atoms in total. The van der Waals surface area contributed by atoms with Crippen molar-refractivity contribution in [3.8, 4) is 5.75 Å². The van der Waals surface area contributed by atoms with Gasteiger partial charge >= 0.3 is 0 Å². The molecule has 2 amide bonds. The van der Waals surface area contributed by atoms with Crippen LogP contribution in [-0.2, 0) is 16.1 Å².